The Morgan fingerprint density at radius 1 is 1.38 bits per heavy atom. The van der Waals surface area contributed by atoms with E-state index in [4.69, 9.17) is 5.11 Å². The number of fused-ring (bicyclic) bond motifs is 2. The van der Waals surface area contributed by atoms with Crippen molar-refractivity contribution in [3.05, 3.63) is 18.0 Å². The predicted molar refractivity (Wildman–Crippen MR) is 74.9 cm³/mol. The number of carboxylic acids is 1. The van der Waals surface area contributed by atoms with Crippen LogP contribution in [0.25, 0.3) is 0 Å². The van der Waals surface area contributed by atoms with Gasteiger partial charge in [0.1, 0.15) is 6.54 Å². The summed E-state index contributed by atoms with van der Waals surface area (Å²) in [7, 11) is 2.16. The maximum atomic E-state index is 12.0. The summed E-state index contributed by atoms with van der Waals surface area (Å²) in [5, 5.41) is 15.7. The monoisotopic (exact) mass is 292 g/mol. The van der Waals surface area contributed by atoms with E-state index in [-0.39, 0.29) is 24.2 Å². The number of hydrogen-bond acceptors (Lipinski definition) is 4. The van der Waals surface area contributed by atoms with E-state index in [1.54, 1.807) is 0 Å². The van der Waals surface area contributed by atoms with Gasteiger partial charge in [0.2, 0.25) is 5.91 Å². The van der Waals surface area contributed by atoms with Gasteiger partial charge in [-0.2, -0.15) is 5.10 Å². The number of amides is 1. The zero-order valence-corrected chi connectivity index (χ0v) is 12.0. The van der Waals surface area contributed by atoms with Crippen LogP contribution >= 0.6 is 0 Å². The molecule has 0 saturated carbocycles. The molecule has 2 unspecified atom stereocenters. The van der Waals surface area contributed by atoms with Gasteiger partial charge in [-0.25, -0.2) is 4.79 Å². The molecule has 7 nitrogen and oxygen atoms in total. The molecule has 1 aromatic rings. The van der Waals surface area contributed by atoms with Crippen LogP contribution in [0, 0.1) is 0 Å². The Morgan fingerprint density at radius 3 is 2.62 bits per heavy atom. The van der Waals surface area contributed by atoms with Gasteiger partial charge in [0, 0.05) is 24.3 Å². The molecule has 1 amide bonds. The number of piperidine rings is 1. The Kier molecular flexibility index (Phi) is 3.67. The molecule has 21 heavy (non-hydrogen) atoms. The molecule has 0 aromatic carbocycles. The fraction of sp³-hybridized carbons (Fsp3) is 0.643. The second kappa shape index (κ2) is 5.48. The third-order valence-corrected chi connectivity index (χ3v) is 4.63. The van der Waals surface area contributed by atoms with Gasteiger partial charge >= 0.3 is 5.97 Å². The quantitative estimate of drug-likeness (QED) is 0.834. The van der Waals surface area contributed by atoms with Gasteiger partial charge in [0.15, 0.2) is 5.69 Å². The zero-order chi connectivity index (χ0) is 15.0. The highest BCUT2D eigenvalue weighted by Crippen LogP contribution is 2.34. The number of aromatic carboxylic acids is 1. The number of carboxylic acid groups (broad SMARTS) is 1. The second-order valence-corrected chi connectivity index (χ2v) is 5.99. The summed E-state index contributed by atoms with van der Waals surface area (Å²) >= 11 is 0. The first-order valence-corrected chi connectivity index (χ1v) is 7.31. The molecular formula is C14H20N4O3. The van der Waals surface area contributed by atoms with Crippen molar-refractivity contribution >= 4 is 11.9 Å². The van der Waals surface area contributed by atoms with Gasteiger partial charge in [-0.1, -0.05) is 0 Å². The minimum absolute atomic E-state index is 0.0415. The van der Waals surface area contributed by atoms with Gasteiger partial charge in [0.25, 0.3) is 0 Å². The van der Waals surface area contributed by atoms with Crippen molar-refractivity contribution in [1.29, 1.82) is 0 Å². The van der Waals surface area contributed by atoms with Crippen molar-refractivity contribution in [2.45, 2.75) is 50.4 Å². The lowest BCUT2D eigenvalue weighted by molar-refractivity contribution is -0.123. The Morgan fingerprint density at radius 2 is 2.05 bits per heavy atom. The van der Waals surface area contributed by atoms with Crippen molar-refractivity contribution in [3.8, 4) is 0 Å². The largest absolute Gasteiger partial charge is 0.476 e. The maximum absolute atomic E-state index is 12.0. The van der Waals surface area contributed by atoms with Gasteiger partial charge < -0.3 is 15.3 Å². The molecule has 2 N–H and O–H groups in total. The summed E-state index contributed by atoms with van der Waals surface area (Å²) in [6.07, 6.45) is 5.95. The fourth-order valence-electron chi connectivity index (χ4n) is 3.51. The Bertz CT molecular complexity index is 542. The average Bonchev–Trinajstić information content (AvgIpc) is 2.93. The first-order chi connectivity index (χ1) is 10.0. The van der Waals surface area contributed by atoms with E-state index in [0.29, 0.717) is 12.1 Å². The highest BCUT2D eigenvalue weighted by molar-refractivity contribution is 5.85. The van der Waals surface area contributed by atoms with Gasteiger partial charge in [0.05, 0.1) is 0 Å². The van der Waals surface area contributed by atoms with Crippen LogP contribution in [0.3, 0.4) is 0 Å². The molecule has 2 saturated heterocycles. The third kappa shape index (κ3) is 2.92. The Labute approximate surface area is 122 Å². The van der Waals surface area contributed by atoms with E-state index in [9.17, 15) is 9.59 Å². The lowest BCUT2D eigenvalue weighted by Gasteiger charge is -2.36. The lowest BCUT2D eigenvalue weighted by Crippen LogP contribution is -2.49. The van der Waals surface area contributed by atoms with Crippen LogP contribution in [0.4, 0.5) is 0 Å². The highest BCUT2D eigenvalue weighted by Gasteiger charge is 2.38. The summed E-state index contributed by atoms with van der Waals surface area (Å²) in [6, 6.07) is 2.78. The van der Waals surface area contributed by atoms with Crippen LogP contribution < -0.4 is 5.32 Å². The van der Waals surface area contributed by atoms with Gasteiger partial charge in [-0.15, -0.1) is 0 Å². The minimum Gasteiger partial charge on any atom is -0.476 e. The summed E-state index contributed by atoms with van der Waals surface area (Å²) in [5.74, 6) is -1.19. The molecule has 3 heterocycles. The van der Waals surface area contributed by atoms with Crippen molar-refractivity contribution in [2.75, 3.05) is 7.05 Å². The number of carbonyl (C=O) groups excluding carboxylic acids is 1. The van der Waals surface area contributed by atoms with E-state index in [1.165, 1.54) is 29.8 Å². The normalized spacial score (nSPS) is 28.5. The lowest BCUT2D eigenvalue weighted by atomic mass is 9.98. The first-order valence-electron chi connectivity index (χ1n) is 7.31. The number of nitrogens with one attached hydrogen (secondary N) is 1. The molecule has 0 spiro atoms. The van der Waals surface area contributed by atoms with E-state index < -0.39 is 5.97 Å². The third-order valence-electron chi connectivity index (χ3n) is 4.63. The summed E-state index contributed by atoms with van der Waals surface area (Å²) in [4.78, 5) is 25.2. The molecule has 3 rings (SSSR count). The van der Waals surface area contributed by atoms with Crippen molar-refractivity contribution in [2.24, 2.45) is 0 Å². The van der Waals surface area contributed by atoms with E-state index in [2.05, 4.69) is 22.4 Å². The maximum Gasteiger partial charge on any atom is 0.356 e. The molecule has 0 aliphatic carbocycles. The molecule has 114 valence electrons. The number of hydrogen-bond donors (Lipinski definition) is 2. The molecule has 2 aliphatic rings. The topological polar surface area (TPSA) is 87.5 Å². The smallest absolute Gasteiger partial charge is 0.356 e. The summed E-state index contributed by atoms with van der Waals surface area (Å²) in [6.45, 7) is 0.0644. The van der Waals surface area contributed by atoms with Gasteiger partial charge in [-0.3, -0.25) is 9.48 Å². The van der Waals surface area contributed by atoms with Crippen molar-refractivity contribution in [3.63, 3.8) is 0 Å². The number of nitrogens with zero attached hydrogens (tertiary/aromatic N) is 3. The zero-order valence-electron chi connectivity index (χ0n) is 12.0. The number of rotatable bonds is 4. The Hall–Kier alpha value is -1.89. The SMILES string of the molecule is CN1C2CCC1CC(NC(=O)Cn1ccc(C(=O)O)n1)C2. The van der Waals surface area contributed by atoms with Crippen molar-refractivity contribution < 1.29 is 14.7 Å². The van der Waals surface area contributed by atoms with Crippen LogP contribution in [0.2, 0.25) is 0 Å². The first kappa shape index (κ1) is 14.1. The second-order valence-electron chi connectivity index (χ2n) is 5.99. The molecule has 0 radical (unpaired) electrons. The van der Waals surface area contributed by atoms with Crippen LogP contribution in [-0.2, 0) is 11.3 Å². The van der Waals surface area contributed by atoms with E-state index in [0.717, 1.165) is 12.8 Å². The highest BCUT2D eigenvalue weighted by atomic mass is 16.4. The van der Waals surface area contributed by atoms with E-state index in [1.807, 2.05) is 0 Å². The van der Waals surface area contributed by atoms with Crippen LogP contribution in [0.5, 0.6) is 0 Å². The Balaban J connectivity index is 1.53. The molecule has 1 aromatic heterocycles. The fourth-order valence-corrected chi connectivity index (χ4v) is 3.51. The number of carbonyl (C=O) groups is 2. The summed E-state index contributed by atoms with van der Waals surface area (Å²) in [5.41, 5.74) is -0.0415. The number of aromatic nitrogens is 2. The molecule has 2 aliphatic heterocycles. The van der Waals surface area contributed by atoms with Crippen LogP contribution in [-0.4, -0.2) is 56.8 Å². The molecule has 2 atom stereocenters. The average molecular weight is 292 g/mol. The molecular weight excluding hydrogens is 272 g/mol. The molecule has 2 bridgehead atoms. The van der Waals surface area contributed by atoms with Crippen LogP contribution in [0.15, 0.2) is 12.3 Å². The van der Waals surface area contributed by atoms with E-state index >= 15 is 0 Å². The predicted octanol–water partition coefficient (Wildman–Crippen LogP) is 0.323. The van der Waals surface area contributed by atoms with Gasteiger partial charge in [-0.05, 0) is 38.8 Å². The molecule has 2 fully saturated rings. The van der Waals surface area contributed by atoms with Crippen LogP contribution in [0.1, 0.15) is 36.2 Å². The standard InChI is InChI=1S/C14H20N4O3/c1-17-10-2-3-11(17)7-9(6-10)15-13(19)8-18-5-4-12(16-18)14(20)21/h4-5,9-11H,2-3,6-8H2,1H3,(H,15,19)(H,20,21). The molecule has 7 heteroatoms. The van der Waals surface area contributed by atoms with Crippen molar-refractivity contribution in [1.82, 2.24) is 20.0 Å². The summed E-state index contributed by atoms with van der Waals surface area (Å²) < 4.78 is 1.36. The minimum atomic E-state index is -1.08.